The second-order valence-electron chi connectivity index (χ2n) is 3.49. The average Bonchev–Trinajstić information content (AvgIpc) is 2.34. The fraction of sp³-hybridized carbons (Fsp3) is 0.0833. The highest BCUT2D eigenvalue weighted by atomic mass is 19.1. The van der Waals surface area contributed by atoms with Crippen LogP contribution in [0.2, 0.25) is 0 Å². The summed E-state index contributed by atoms with van der Waals surface area (Å²) in [6.45, 7) is 1.69. The maximum atomic E-state index is 13.5. The lowest BCUT2D eigenvalue weighted by molar-refractivity contribution is 0.0693. The predicted octanol–water partition coefficient (Wildman–Crippen LogP) is 2.41. The van der Waals surface area contributed by atoms with Gasteiger partial charge in [-0.15, -0.1) is 0 Å². The third-order valence-corrected chi connectivity index (χ3v) is 2.17. The summed E-state index contributed by atoms with van der Waals surface area (Å²) in [7, 11) is 0. The van der Waals surface area contributed by atoms with Crippen molar-refractivity contribution in [3.05, 3.63) is 47.8 Å². The van der Waals surface area contributed by atoms with Gasteiger partial charge >= 0.3 is 5.97 Å². The molecule has 0 fully saturated rings. The first kappa shape index (κ1) is 12.0. The Morgan fingerprint density at radius 1 is 1.33 bits per heavy atom. The maximum absolute atomic E-state index is 13.5. The lowest BCUT2D eigenvalue weighted by atomic mass is 10.2. The van der Waals surface area contributed by atoms with Crippen LogP contribution in [0.4, 0.5) is 4.39 Å². The molecule has 0 bridgehead atoms. The zero-order valence-electron chi connectivity index (χ0n) is 9.42. The third-order valence-electron chi connectivity index (χ3n) is 2.17. The molecular weight excluding hydrogens is 239 g/mol. The van der Waals surface area contributed by atoms with Crippen molar-refractivity contribution in [2.75, 3.05) is 0 Å². The van der Waals surface area contributed by atoms with E-state index >= 15 is 0 Å². The van der Waals surface area contributed by atoms with Gasteiger partial charge < -0.3 is 9.84 Å². The van der Waals surface area contributed by atoms with Crippen LogP contribution in [0.25, 0.3) is 0 Å². The Morgan fingerprint density at radius 2 is 2.00 bits per heavy atom. The van der Waals surface area contributed by atoms with E-state index in [4.69, 9.17) is 9.84 Å². The van der Waals surface area contributed by atoms with E-state index in [1.165, 1.54) is 24.5 Å². The fourth-order valence-corrected chi connectivity index (χ4v) is 1.33. The summed E-state index contributed by atoms with van der Waals surface area (Å²) < 4.78 is 18.7. The van der Waals surface area contributed by atoms with Crippen LogP contribution in [0.15, 0.2) is 30.6 Å². The van der Waals surface area contributed by atoms with Gasteiger partial charge in [0, 0.05) is 0 Å². The van der Waals surface area contributed by atoms with Crippen molar-refractivity contribution in [2.45, 2.75) is 6.92 Å². The van der Waals surface area contributed by atoms with Gasteiger partial charge in [0.2, 0.25) is 0 Å². The van der Waals surface area contributed by atoms with Gasteiger partial charge in [-0.05, 0) is 19.1 Å². The number of aromatic nitrogens is 2. The predicted molar refractivity (Wildman–Crippen MR) is 60.2 cm³/mol. The molecule has 0 atom stereocenters. The molecule has 2 aromatic rings. The number of halogens is 1. The summed E-state index contributed by atoms with van der Waals surface area (Å²) in [5.41, 5.74) is -0.254. The first-order valence-electron chi connectivity index (χ1n) is 5.06. The van der Waals surface area contributed by atoms with E-state index in [2.05, 4.69) is 9.97 Å². The van der Waals surface area contributed by atoms with Gasteiger partial charge in [-0.1, -0.05) is 6.07 Å². The van der Waals surface area contributed by atoms with Crippen molar-refractivity contribution in [3.63, 3.8) is 0 Å². The molecule has 1 heterocycles. The topological polar surface area (TPSA) is 72.3 Å². The molecule has 1 aromatic carbocycles. The molecular formula is C12H9FN2O3. The molecule has 0 aliphatic carbocycles. The SMILES string of the molecule is Cc1ncc(Oc2c(F)cccc2C(=O)O)cn1. The minimum atomic E-state index is -1.27. The van der Waals surface area contributed by atoms with Crippen LogP contribution in [0.3, 0.4) is 0 Å². The molecule has 18 heavy (non-hydrogen) atoms. The van der Waals surface area contributed by atoms with Gasteiger partial charge in [0.25, 0.3) is 0 Å². The molecule has 6 heteroatoms. The zero-order chi connectivity index (χ0) is 13.1. The number of carbonyl (C=O) groups is 1. The van der Waals surface area contributed by atoms with E-state index < -0.39 is 11.8 Å². The number of hydrogen-bond donors (Lipinski definition) is 1. The number of aromatic carboxylic acids is 1. The van der Waals surface area contributed by atoms with Gasteiger partial charge in [-0.25, -0.2) is 19.2 Å². The summed E-state index contributed by atoms with van der Waals surface area (Å²) in [5, 5.41) is 8.93. The molecule has 0 radical (unpaired) electrons. The van der Waals surface area contributed by atoms with Gasteiger partial charge in [-0.3, -0.25) is 0 Å². The Kier molecular flexibility index (Phi) is 3.18. The molecule has 0 aliphatic heterocycles. The van der Waals surface area contributed by atoms with E-state index in [-0.39, 0.29) is 17.1 Å². The molecule has 2 rings (SSSR count). The van der Waals surface area contributed by atoms with E-state index in [9.17, 15) is 9.18 Å². The molecule has 0 saturated heterocycles. The van der Waals surface area contributed by atoms with Crippen molar-refractivity contribution in [2.24, 2.45) is 0 Å². The highest BCUT2D eigenvalue weighted by Crippen LogP contribution is 2.27. The van der Waals surface area contributed by atoms with Crippen LogP contribution in [0.5, 0.6) is 11.5 Å². The van der Waals surface area contributed by atoms with Crippen molar-refractivity contribution in [3.8, 4) is 11.5 Å². The number of benzene rings is 1. The molecule has 0 amide bonds. The number of nitrogens with zero attached hydrogens (tertiary/aromatic N) is 2. The van der Waals surface area contributed by atoms with E-state index in [0.29, 0.717) is 5.82 Å². The van der Waals surface area contributed by atoms with Gasteiger partial charge in [0.05, 0.1) is 12.4 Å². The van der Waals surface area contributed by atoms with Crippen LogP contribution in [0.1, 0.15) is 16.2 Å². The average molecular weight is 248 g/mol. The second-order valence-corrected chi connectivity index (χ2v) is 3.49. The molecule has 0 spiro atoms. The summed E-state index contributed by atoms with van der Waals surface area (Å²) in [5.74, 6) is -1.66. The minimum absolute atomic E-state index is 0.174. The lowest BCUT2D eigenvalue weighted by Crippen LogP contribution is -2.02. The molecule has 1 N–H and O–H groups in total. The number of para-hydroxylation sites is 1. The largest absolute Gasteiger partial charge is 0.478 e. The first-order chi connectivity index (χ1) is 8.58. The standard InChI is InChI=1S/C12H9FN2O3/c1-7-14-5-8(6-15-7)18-11-9(12(16)17)3-2-4-10(11)13/h2-6H,1H3,(H,16,17). The Bertz CT molecular complexity index is 584. The Labute approximate surface area is 102 Å². The number of rotatable bonds is 3. The van der Waals surface area contributed by atoms with Crippen molar-refractivity contribution >= 4 is 5.97 Å². The highest BCUT2D eigenvalue weighted by molar-refractivity contribution is 5.91. The van der Waals surface area contributed by atoms with Crippen LogP contribution < -0.4 is 4.74 Å². The van der Waals surface area contributed by atoms with E-state index in [1.54, 1.807) is 6.92 Å². The van der Waals surface area contributed by atoms with Gasteiger partial charge in [0.15, 0.2) is 17.3 Å². The number of carboxylic acids is 1. The molecule has 0 saturated carbocycles. The Balaban J connectivity index is 2.39. The first-order valence-corrected chi connectivity index (χ1v) is 5.06. The van der Waals surface area contributed by atoms with Crippen molar-refractivity contribution in [1.29, 1.82) is 0 Å². The fourth-order valence-electron chi connectivity index (χ4n) is 1.33. The normalized spacial score (nSPS) is 10.1. The van der Waals surface area contributed by atoms with E-state index in [1.807, 2.05) is 0 Å². The Hall–Kier alpha value is -2.50. The molecule has 5 nitrogen and oxygen atoms in total. The van der Waals surface area contributed by atoms with Crippen molar-refractivity contribution < 1.29 is 19.0 Å². The Morgan fingerprint density at radius 3 is 2.61 bits per heavy atom. The van der Waals surface area contributed by atoms with Crippen LogP contribution in [0, 0.1) is 12.7 Å². The summed E-state index contributed by atoms with van der Waals surface area (Å²) in [6, 6.07) is 3.68. The van der Waals surface area contributed by atoms with Crippen LogP contribution >= 0.6 is 0 Å². The highest BCUT2D eigenvalue weighted by Gasteiger charge is 2.16. The summed E-state index contributed by atoms with van der Waals surface area (Å²) in [4.78, 5) is 18.7. The quantitative estimate of drug-likeness (QED) is 0.902. The number of aryl methyl sites for hydroxylation is 1. The van der Waals surface area contributed by atoms with Crippen LogP contribution in [-0.2, 0) is 0 Å². The summed E-state index contributed by atoms with van der Waals surface area (Å²) >= 11 is 0. The summed E-state index contributed by atoms with van der Waals surface area (Å²) in [6.07, 6.45) is 2.70. The second kappa shape index (κ2) is 4.79. The molecule has 0 aliphatic rings. The smallest absolute Gasteiger partial charge is 0.339 e. The third kappa shape index (κ3) is 2.42. The lowest BCUT2D eigenvalue weighted by Gasteiger charge is -2.08. The minimum Gasteiger partial charge on any atom is -0.478 e. The zero-order valence-corrected chi connectivity index (χ0v) is 9.42. The maximum Gasteiger partial charge on any atom is 0.339 e. The molecule has 92 valence electrons. The number of hydrogen-bond acceptors (Lipinski definition) is 4. The molecule has 0 unspecified atom stereocenters. The van der Waals surface area contributed by atoms with Gasteiger partial charge in [-0.2, -0.15) is 0 Å². The van der Waals surface area contributed by atoms with Gasteiger partial charge in [0.1, 0.15) is 11.4 Å². The number of carboxylic acid groups (broad SMARTS) is 1. The molecule has 1 aromatic heterocycles. The monoisotopic (exact) mass is 248 g/mol. The van der Waals surface area contributed by atoms with Crippen molar-refractivity contribution in [1.82, 2.24) is 9.97 Å². The number of ether oxygens (including phenoxy) is 1. The van der Waals surface area contributed by atoms with E-state index in [0.717, 1.165) is 6.07 Å². The van der Waals surface area contributed by atoms with Crippen LogP contribution in [-0.4, -0.2) is 21.0 Å².